The number of carboxylic acid groups (broad SMARTS) is 1. The molecule has 1 aliphatic heterocycles. The number of aliphatic carboxylic acids is 1. The van der Waals surface area contributed by atoms with Crippen molar-refractivity contribution in [3.8, 4) is 0 Å². The van der Waals surface area contributed by atoms with Crippen molar-refractivity contribution < 1.29 is 9.90 Å². The number of fused-ring (bicyclic) bond motifs is 3. The van der Waals surface area contributed by atoms with Crippen LogP contribution in [0.5, 0.6) is 0 Å². The van der Waals surface area contributed by atoms with Crippen molar-refractivity contribution >= 4 is 28.1 Å². The van der Waals surface area contributed by atoms with Gasteiger partial charge in [0.05, 0.1) is 5.69 Å². The SMILES string of the molecule is CC1(C)C(C(=O)O)=Nc2ccc3ccccc3c21. The molecule has 2 aromatic rings. The van der Waals surface area contributed by atoms with Gasteiger partial charge in [-0.15, -0.1) is 0 Å². The third kappa shape index (κ3) is 1.30. The molecule has 0 spiro atoms. The molecule has 18 heavy (non-hydrogen) atoms. The molecule has 0 fully saturated rings. The Balaban J connectivity index is 2.37. The van der Waals surface area contributed by atoms with Crippen molar-refractivity contribution in [1.29, 1.82) is 0 Å². The van der Waals surface area contributed by atoms with Gasteiger partial charge in [0.1, 0.15) is 5.71 Å². The summed E-state index contributed by atoms with van der Waals surface area (Å²) in [5.41, 5.74) is 1.45. The monoisotopic (exact) mass is 239 g/mol. The van der Waals surface area contributed by atoms with Crippen LogP contribution in [-0.4, -0.2) is 16.8 Å². The lowest BCUT2D eigenvalue weighted by atomic mass is 9.79. The molecule has 1 heterocycles. The van der Waals surface area contributed by atoms with E-state index in [0.717, 1.165) is 22.0 Å². The van der Waals surface area contributed by atoms with Gasteiger partial charge in [-0.05, 0) is 36.2 Å². The fourth-order valence-corrected chi connectivity index (χ4v) is 2.70. The Morgan fingerprint density at radius 2 is 1.89 bits per heavy atom. The van der Waals surface area contributed by atoms with Crippen LogP contribution in [0.4, 0.5) is 5.69 Å². The van der Waals surface area contributed by atoms with Crippen LogP contribution in [0.3, 0.4) is 0 Å². The highest BCUT2D eigenvalue weighted by molar-refractivity contribution is 6.41. The maximum atomic E-state index is 11.3. The van der Waals surface area contributed by atoms with Gasteiger partial charge >= 0.3 is 5.97 Å². The van der Waals surface area contributed by atoms with Crippen LogP contribution in [0.15, 0.2) is 41.4 Å². The van der Waals surface area contributed by atoms with E-state index >= 15 is 0 Å². The second kappa shape index (κ2) is 3.42. The first-order valence-corrected chi connectivity index (χ1v) is 5.86. The predicted molar refractivity (Wildman–Crippen MR) is 71.7 cm³/mol. The number of carbonyl (C=O) groups is 1. The van der Waals surface area contributed by atoms with Gasteiger partial charge in [-0.25, -0.2) is 9.79 Å². The van der Waals surface area contributed by atoms with Gasteiger partial charge in [0.15, 0.2) is 0 Å². The first-order valence-electron chi connectivity index (χ1n) is 5.86. The fourth-order valence-electron chi connectivity index (χ4n) is 2.70. The molecule has 0 aromatic heterocycles. The second-order valence-corrected chi connectivity index (χ2v) is 5.07. The zero-order chi connectivity index (χ0) is 12.9. The molecule has 0 bridgehead atoms. The van der Waals surface area contributed by atoms with E-state index in [9.17, 15) is 9.90 Å². The smallest absolute Gasteiger partial charge is 0.351 e. The van der Waals surface area contributed by atoms with Gasteiger partial charge in [-0.1, -0.05) is 30.3 Å². The van der Waals surface area contributed by atoms with E-state index < -0.39 is 11.4 Å². The van der Waals surface area contributed by atoms with Crippen molar-refractivity contribution in [2.45, 2.75) is 19.3 Å². The van der Waals surface area contributed by atoms with Gasteiger partial charge in [0, 0.05) is 5.41 Å². The van der Waals surface area contributed by atoms with Crippen molar-refractivity contribution in [2.24, 2.45) is 4.99 Å². The molecule has 0 atom stereocenters. The van der Waals surface area contributed by atoms with Gasteiger partial charge in [0.2, 0.25) is 0 Å². The second-order valence-electron chi connectivity index (χ2n) is 5.07. The fraction of sp³-hybridized carbons (Fsp3) is 0.200. The lowest BCUT2D eigenvalue weighted by molar-refractivity contribution is -0.129. The maximum absolute atomic E-state index is 11.3. The summed E-state index contributed by atoms with van der Waals surface area (Å²) < 4.78 is 0. The molecule has 1 aliphatic rings. The van der Waals surface area contributed by atoms with Gasteiger partial charge < -0.3 is 5.11 Å². The molecule has 0 aliphatic carbocycles. The third-order valence-corrected chi connectivity index (χ3v) is 3.56. The zero-order valence-corrected chi connectivity index (χ0v) is 10.3. The average Bonchev–Trinajstić information content (AvgIpc) is 2.61. The number of aliphatic imine (C=N–C) groups is 1. The minimum Gasteiger partial charge on any atom is -0.477 e. The van der Waals surface area contributed by atoms with Crippen LogP contribution < -0.4 is 0 Å². The molecule has 0 unspecified atom stereocenters. The van der Waals surface area contributed by atoms with Crippen molar-refractivity contribution in [1.82, 2.24) is 0 Å². The van der Waals surface area contributed by atoms with Crippen LogP contribution in [-0.2, 0) is 10.2 Å². The lowest BCUT2D eigenvalue weighted by Crippen LogP contribution is -2.32. The number of benzene rings is 2. The molecule has 0 amide bonds. The number of nitrogens with zero attached hydrogens (tertiary/aromatic N) is 1. The van der Waals surface area contributed by atoms with Crippen LogP contribution >= 0.6 is 0 Å². The first-order chi connectivity index (χ1) is 8.51. The summed E-state index contributed by atoms with van der Waals surface area (Å²) in [6.07, 6.45) is 0. The predicted octanol–water partition coefficient (Wildman–Crippen LogP) is 3.29. The van der Waals surface area contributed by atoms with E-state index in [4.69, 9.17) is 0 Å². The molecule has 2 aromatic carbocycles. The summed E-state index contributed by atoms with van der Waals surface area (Å²) >= 11 is 0. The van der Waals surface area contributed by atoms with Crippen molar-refractivity contribution in [2.75, 3.05) is 0 Å². The Morgan fingerprint density at radius 1 is 1.17 bits per heavy atom. The number of rotatable bonds is 1. The topological polar surface area (TPSA) is 49.7 Å². The van der Waals surface area contributed by atoms with E-state index in [2.05, 4.69) is 4.99 Å². The molecular formula is C15H13NO2. The highest BCUT2D eigenvalue weighted by atomic mass is 16.4. The normalized spacial score (nSPS) is 16.4. The highest BCUT2D eigenvalue weighted by Crippen LogP contribution is 2.44. The minimum atomic E-state index is -0.944. The third-order valence-electron chi connectivity index (χ3n) is 3.56. The standard InChI is InChI=1S/C15H13NO2/c1-15(2)12-10-6-4-3-5-9(10)7-8-11(12)16-13(15)14(17)18/h3-8H,1-2H3,(H,17,18). The average molecular weight is 239 g/mol. The summed E-state index contributed by atoms with van der Waals surface area (Å²) in [4.78, 5) is 15.6. The van der Waals surface area contributed by atoms with E-state index in [1.807, 2.05) is 50.2 Å². The summed E-state index contributed by atoms with van der Waals surface area (Å²) in [5.74, 6) is -0.944. The Kier molecular flexibility index (Phi) is 2.08. The van der Waals surface area contributed by atoms with Crippen LogP contribution in [0.25, 0.3) is 10.8 Å². The lowest BCUT2D eigenvalue weighted by Gasteiger charge is -2.21. The van der Waals surface area contributed by atoms with E-state index in [1.54, 1.807) is 0 Å². The summed E-state index contributed by atoms with van der Waals surface area (Å²) in [7, 11) is 0. The zero-order valence-electron chi connectivity index (χ0n) is 10.3. The van der Waals surface area contributed by atoms with Gasteiger partial charge in [0.25, 0.3) is 0 Å². The Hall–Kier alpha value is -2.16. The molecule has 3 nitrogen and oxygen atoms in total. The van der Waals surface area contributed by atoms with E-state index in [-0.39, 0.29) is 5.71 Å². The minimum absolute atomic E-state index is 0.217. The van der Waals surface area contributed by atoms with E-state index in [1.165, 1.54) is 0 Å². The number of carboxylic acids is 1. The van der Waals surface area contributed by atoms with Gasteiger partial charge in [-0.2, -0.15) is 0 Å². The van der Waals surface area contributed by atoms with Crippen molar-refractivity contribution in [3.63, 3.8) is 0 Å². The first kappa shape index (κ1) is 11.0. The summed E-state index contributed by atoms with van der Waals surface area (Å²) in [6, 6.07) is 11.9. The molecule has 0 saturated carbocycles. The van der Waals surface area contributed by atoms with Crippen LogP contribution in [0.1, 0.15) is 19.4 Å². The summed E-state index contributed by atoms with van der Waals surface area (Å²) in [5, 5.41) is 11.5. The maximum Gasteiger partial charge on any atom is 0.351 e. The molecule has 0 saturated heterocycles. The number of hydrogen-bond donors (Lipinski definition) is 1. The molecule has 1 N–H and O–H groups in total. The van der Waals surface area contributed by atoms with E-state index in [0.29, 0.717) is 0 Å². The molecule has 90 valence electrons. The van der Waals surface area contributed by atoms with Crippen LogP contribution in [0.2, 0.25) is 0 Å². The molecule has 0 radical (unpaired) electrons. The largest absolute Gasteiger partial charge is 0.477 e. The van der Waals surface area contributed by atoms with Gasteiger partial charge in [-0.3, -0.25) is 0 Å². The van der Waals surface area contributed by atoms with Crippen LogP contribution in [0, 0.1) is 0 Å². The molecule has 3 heteroatoms. The highest BCUT2D eigenvalue weighted by Gasteiger charge is 2.40. The molecular weight excluding hydrogens is 226 g/mol. The Morgan fingerprint density at radius 3 is 2.61 bits per heavy atom. The van der Waals surface area contributed by atoms with Crippen molar-refractivity contribution in [3.05, 3.63) is 42.0 Å². The Labute approximate surface area is 105 Å². The number of hydrogen-bond acceptors (Lipinski definition) is 2. The Bertz CT molecular complexity index is 699. The quantitative estimate of drug-likeness (QED) is 0.830. The molecule has 3 rings (SSSR count). The summed E-state index contributed by atoms with van der Waals surface area (Å²) in [6.45, 7) is 3.83.